The van der Waals surface area contributed by atoms with Gasteiger partial charge in [0, 0.05) is 27.3 Å². The van der Waals surface area contributed by atoms with Crippen molar-refractivity contribution in [2.24, 2.45) is 0 Å². The number of rotatable bonds is 3. The molecule has 1 amide bonds. The predicted molar refractivity (Wildman–Crippen MR) is 91.1 cm³/mol. The number of ether oxygens (including phenoxy) is 1. The Morgan fingerprint density at radius 1 is 1.26 bits per heavy atom. The molecule has 1 aliphatic rings. The zero-order valence-corrected chi connectivity index (χ0v) is 14.8. The fourth-order valence-corrected chi connectivity index (χ4v) is 3.12. The second kappa shape index (κ2) is 6.77. The van der Waals surface area contributed by atoms with Gasteiger partial charge in [-0.25, -0.2) is 4.79 Å². The van der Waals surface area contributed by atoms with Gasteiger partial charge in [-0.15, -0.1) is 0 Å². The maximum atomic E-state index is 12.7. The minimum absolute atomic E-state index is 0.0882. The summed E-state index contributed by atoms with van der Waals surface area (Å²) in [4.78, 5) is 26.4. The second-order valence-electron chi connectivity index (χ2n) is 5.41. The fourth-order valence-electron chi connectivity index (χ4n) is 2.61. The number of methoxy groups -OCH3 is 1. The number of allylic oxidation sites excluding steroid dienone is 1. The van der Waals surface area contributed by atoms with E-state index >= 15 is 0 Å². The van der Waals surface area contributed by atoms with E-state index in [0.717, 1.165) is 0 Å². The zero-order valence-electron chi connectivity index (χ0n) is 13.3. The highest BCUT2D eigenvalue weighted by molar-refractivity contribution is 6.37. The molecule has 0 bridgehead atoms. The molecule has 1 aromatic carbocycles. The van der Waals surface area contributed by atoms with E-state index in [2.05, 4.69) is 0 Å². The third-order valence-electron chi connectivity index (χ3n) is 3.64. The zero-order chi connectivity index (χ0) is 17.3. The Morgan fingerprint density at radius 3 is 2.30 bits per heavy atom. The summed E-state index contributed by atoms with van der Waals surface area (Å²) in [5.41, 5.74) is 1.53. The van der Waals surface area contributed by atoms with Gasteiger partial charge in [-0.1, -0.05) is 29.3 Å². The van der Waals surface area contributed by atoms with Crippen LogP contribution in [0.1, 0.15) is 26.3 Å². The standard InChI is InChI=1S/C17H17Cl2NO3/c1-9(2)20-10(3)15(17(22)23-4)12(16(20)21)8-11-13(18)6-5-7-14(11)19/h5-9H,1-4H3/b12-8-. The summed E-state index contributed by atoms with van der Waals surface area (Å²) < 4.78 is 4.83. The van der Waals surface area contributed by atoms with Crippen molar-refractivity contribution in [2.75, 3.05) is 7.11 Å². The number of carbonyl (C=O) groups is 2. The number of halogens is 2. The van der Waals surface area contributed by atoms with Crippen LogP contribution in [0.2, 0.25) is 10.0 Å². The van der Waals surface area contributed by atoms with Crippen LogP contribution in [0.15, 0.2) is 35.0 Å². The molecule has 4 nitrogen and oxygen atoms in total. The van der Waals surface area contributed by atoms with Crippen LogP contribution in [0.4, 0.5) is 0 Å². The summed E-state index contributed by atoms with van der Waals surface area (Å²) in [5, 5.41) is 0.810. The van der Waals surface area contributed by atoms with Crippen LogP contribution >= 0.6 is 23.2 Å². The van der Waals surface area contributed by atoms with Crippen LogP contribution in [0.25, 0.3) is 6.08 Å². The maximum absolute atomic E-state index is 12.7. The second-order valence-corrected chi connectivity index (χ2v) is 6.23. The van der Waals surface area contributed by atoms with E-state index in [9.17, 15) is 9.59 Å². The van der Waals surface area contributed by atoms with E-state index in [1.54, 1.807) is 36.1 Å². The Balaban J connectivity index is 2.66. The number of carbonyl (C=O) groups excluding carboxylic acids is 2. The van der Waals surface area contributed by atoms with Crippen molar-refractivity contribution in [3.63, 3.8) is 0 Å². The Kier molecular flexibility index (Phi) is 5.17. The number of esters is 1. The first-order chi connectivity index (χ1) is 10.8. The molecule has 122 valence electrons. The van der Waals surface area contributed by atoms with Gasteiger partial charge >= 0.3 is 5.97 Å². The summed E-state index contributed by atoms with van der Waals surface area (Å²) in [7, 11) is 1.28. The molecule has 0 aromatic heterocycles. The normalized spacial score (nSPS) is 16.7. The monoisotopic (exact) mass is 353 g/mol. The first-order valence-electron chi connectivity index (χ1n) is 7.08. The number of hydrogen-bond donors (Lipinski definition) is 0. The van der Waals surface area contributed by atoms with E-state index in [1.807, 2.05) is 13.8 Å². The lowest BCUT2D eigenvalue weighted by molar-refractivity contribution is -0.136. The molecule has 23 heavy (non-hydrogen) atoms. The van der Waals surface area contributed by atoms with Crippen molar-refractivity contribution in [3.8, 4) is 0 Å². The van der Waals surface area contributed by atoms with Crippen molar-refractivity contribution in [1.29, 1.82) is 0 Å². The van der Waals surface area contributed by atoms with E-state index in [1.165, 1.54) is 7.11 Å². The molecule has 0 spiro atoms. The Morgan fingerprint density at radius 2 is 1.83 bits per heavy atom. The van der Waals surface area contributed by atoms with Crippen LogP contribution in [0.3, 0.4) is 0 Å². The maximum Gasteiger partial charge on any atom is 0.340 e. The van der Waals surface area contributed by atoms with E-state index in [0.29, 0.717) is 21.3 Å². The van der Waals surface area contributed by atoms with Crippen molar-refractivity contribution >= 4 is 41.2 Å². The van der Waals surface area contributed by atoms with Gasteiger partial charge < -0.3 is 9.64 Å². The lowest BCUT2D eigenvalue weighted by Gasteiger charge is -2.22. The van der Waals surface area contributed by atoms with Gasteiger partial charge in [-0.05, 0) is 39.0 Å². The van der Waals surface area contributed by atoms with Gasteiger partial charge in [0.2, 0.25) is 0 Å². The highest BCUT2D eigenvalue weighted by Crippen LogP contribution is 2.35. The average Bonchev–Trinajstić information content (AvgIpc) is 2.73. The van der Waals surface area contributed by atoms with Crippen LogP contribution in [-0.4, -0.2) is 29.9 Å². The van der Waals surface area contributed by atoms with Crippen LogP contribution < -0.4 is 0 Å². The van der Waals surface area contributed by atoms with Gasteiger partial charge in [-0.2, -0.15) is 0 Å². The van der Waals surface area contributed by atoms with Gasteiger partial charge in [0.1, 0.15) is 0 Å². The van der Waals surface area contributed by atoms with Gasteiger partial charge in [0.05, 0.1) is 18.3 Å². The molecule has 0 fully saturated rings. The minimum atomic E-state index is -0.562. The molecule has 0 unspecified atom stereocenters. The number of benzene rings is 1. The Hall–Kier alpha value is -1.78. The summed E-state index contributed by atoms with van der Waals surface area (Å²) in [6.45, 7) is 5.47. The molecule has 1 aliphatic heterocycles. The van der Waals surface area contributed by atoms with Crippen molar-refractivity contribution in [1.82, 2.24) is 4.90 Å². The molecular weight excluding hydrogens is 337 g/mol. The molecule has 1 aromatic rings. The van der Waals surface area contributed by atoms with Gasteiger partial charge in [-0.3, -0.25) is 4.79 Å². The number of nitrogens with zero attached hydrogens (tertiary/aromatic N) is 1. The molecule has 0 atom stereocenters. The molecule has 0 aliphatic carbocycles. The third-order valence-corrected chi connectivity index (χ3v) is 4.30. The Bertz CT molecular complexity index is 715. The van der Waals surface area contributed by atoms with Crippen LogP contribution in [0, 0.1) is 0 Å². The summed E-state index contributed by atoms with van der Waals surface area (Å²) in [5.74, 6) is -0.831. The minimum Gasteiger partial charge on any atom is -0.465 e. The SMILES string of the molecule is COC(=O)C1=C(C)N(C(C)C)C(=O)/C1=C\c1c(Cl)cccc1Cl. The van der Waals surface area contributed by atoms with Crippen LogP contribution in [0.5, 0.6) is 0 Å². The highest BCUT2D eigenvalue weighted by atomic mass is 35.5. The molecular formula is C17H17Cl2NO3. The molecule has 0 saturated carbocycles. The highest BCUT2D eigenvalue weighted by Gasteiger charge is 2.38. The van der Waals surface area contributed by atoms with Gasteiger partial charge in [0.15, 0.2) is 0 Å². The van der Waals surface area contributed by atoms with Gasteiger partial charge in [0.25, 0.3) is 5.91 Å². The van der Waals surface area contributed by atoms with Crippen molar-refractivity contribution in [2.45, 2.75) is 26.8 Å². The van der Waals surface area contributed by atoms with E-state index < -0.39 is 5.97 Å². The molecule has 0 N–H and O–H groups in total. The molecule has 1 heterocycles. The predicted octanol–water partition coefficient (Wildman–Crippen LogP) is 4.07. The fraction of sp³-hybridized carbons (Fsp3) is 0.294. The number of amides is 1. The number of hydrogen-bond acceptors (Lipinski definition) is 3. The first kappa shape index (κ1) is 17.6. The van der Waals surface area contributed by atoms with Crippen LogP contribution in [-0.2, 0) is 14.3 Å². The van der Waals surface area contributed by atoms with Crippen molar-refractivity contribution in [3.05, 3.63) is 50.7 Å². The van der Waals surface area contributed by atoms with Crippen molar-refractivity contribution < 1.29 is 14.3 Å². The molecule has 0 saturated heterocycles. The Labute approximate surface area is 145 Å². The molecule has 2 rings (SSSR count). The lowest BCUT2D eigenvalue weighted by atomic mass is 10.0. The lowest BCUT2D eigenvalue weighted by Crippen LogP contribution is -2.31. The topological polar surface area (TPSA) is 46.6 Å². The molecule has 0 radical (unpaired) electrons. The first-order valence-corrected chi connectivity index (χ1v) is 7.84. The summed E-state index contributed by atoms with van der Waals surface area (Å²) in [6.07, 6.45) is 1.55. The average molecular weight is 354 g/mol. The quantitative estimate of drug-likeness (QED) is 0.607. The van der Waals surface area contributed by atoms with E-state index in [-0.39, 0.29) is 23.1 Å². The molecule has 6 heteroatoms. The largest absolute Gasteiger partial charge is 0.465 e. The summed E-state index contributed by atoms with van der Waals surface area (Å²) in [6, 6.07) is 4.97. The summed E-state index contributed by atoms with van der Waals surface area (Å²) >= 11 is 12.3. The smallest absolute Gasteiger partial charge is 0.340 e. The third kappa shape index (κ3) is 3.14. The van der Waals surface area contributed by atoms with E-state index in [4.69, 9.17) is 27.9 Å².